The van der Waals surface area contributed by atoms with Gasteiger partial charge < -0.3 is 20.9 Å². The summed E-state index contributed by atoms with van der Waals surface area (Å²) in [5, 5.41) is 9.18. The first-order chi connectivity index (χ1) is 14.3. The molecule has 0 aliphatic rings. The van der Waals surface area contributed by atoms with Crippen molar-refractivity contribution >= 4 is 27.9 Å². The Labute approximate surface area is 189 Å². The van der Waals surface area contributed by atoms with E-state index >= 15 is 0 Å². The molecule has 5 nitrogen and oxygen atoms in total. The predicted molar refractivity (Wildman–Crippen MR) is 130 cm³/mol. The average Bonchev–Trinajstić information content (AvgIpc) is 2.74. The smallest absolute Gasteiger partial charge is 0.150 e. The molecule has 0 unspecified atom stereocenters. The molecular weight excluding hydrogens is 447 g/mol. The topological polar surface area (TPSA) is 56.4 Å². The summed E-state index contributed by atoms with van der Waals surface area (Å²) in [6, 6.07) is 6.55. The minimum absolute atomic E-state index is 0.292. The molecule has 1 rings (SSSR count). The molecule has 168 valence electrons. The summed E-state index contributed by atoms with van der Waals surface area (Å²) >= 11 is 3.32. The van der Waals surface area contributed by atoms with Crippen LogP contribution >= 0.6 is 15.9 Å². The first-order valence-electron chi connectivity index (χ1n) is 10.1. The average molecular weight is 483 g/mol. The molecule has 0 heterocycles. The Morgan fingerprint density at radius 2 is 1.93 bits per heavy atom. The fourth-order valence-electron chi connectivity index (χ4n) is 2.34. The number of carbonyl (C=O) groups excluding carboxylic acids is 1. The monoisotopic (exact) mass is 482 g/mol. The molecule has 7 heteroatoms. The largest absolute Gasteiger partial charge is 0.374 e. The summed E-state index contributed by atoms with van der Waals surface area (Å²) in [6.07, 6.45) is 5.57. The van der Waals surface area contributed by atoms with Crippen LogP contribution in [-0.2, 0) is 4.79 Å². The van der Waals surface area contributed by atoms with Crippen molar-refractivity contribution in [3.63, 3.8) is 0 Å². The second kappa shape index (κ2) is 16.8. The van der Waals surface area contributed by atoms with Crippen molar-refractivity contribution in [3.8, 4) is 0 Å². The van der Waals surface area contributed by atoms with Crippen LogP contribution in [0.15, 0.2) is 52.8 Å². The fraction of sp³-hybridized carbons (Fsp3) is 0.435. The number of rotatable bonds is 12. The minimum atomic E-state index is -0.307. The van der Waals surface area contributed by atoms with Gasteiger partial charge in [0.05, 0.1) is 4.48 Å². The van der Waals surface area contributed by atoms with Gasteiger partial charge in [-0.3, -0.25) is 4.79 Å². The van der Waals surface area contributed by atoms with Gasteiger partial charge in [0.2, 0.25) is 0 Å². The van der Waals surface area contributed by atoms with Crippen molar-refractivity contribution in [2.45, 2.75) is 26.2 Å². The highest BCUT2D eigenvalue weighted by Gasteiger charge is 2.11. The van der Waals surface area contributed by atoms with E-state index in [0.717, 1.165) is 19.4 Å². The third-order valence-electron chi connectivity index (χ3n) is 3.99. The lowest BCUT2D eigenvalue weighted by Crippen LogP contribution is -2.24. The van der Waals surface area contributed by atoms with E-state index in [1.807, 2.05) is 13.1 Å². The van der Waals surface area contributed by atoms with E-state index in [0.29, 0.717) is 33.4 Å². The lowest BCUT2D eigenvalue weighted by Gasteiger charge is -2.17. The van der Waals surface area contributed by atoms with Gasteiger partial charge in [0.25, 0.3) is 0 Å². The van der Waals surface area contributed by atoms with Crippen LogP contribution in [0.3, 0.4) is 0 Å². The molecule has 0 aliphatic carbocycles. The summed E-state index contributed by atoms with van der Waals surface area (Å²) in [5.41, 5.74) is 1.40. The first kappa shape index (κ1) is 28.0. The van der Waals surface area contributed by atoms with Crippen molar-refractivity contribution < 1.29 is 9.18 Å². The van der Waals surface area contributed by atoms with E-state index in [9.17, 15) is 9.18 Å². The highest BCUT2D eigenvalue weighted by molar-refractivity contribution is 9.12. The Morgan fingerprint density at radius 3 is 2.43 bits per heavy atom. The summed E-state index contributed by atoms with van der Waals surface area (Å²) in [7, 11) is 7.88. The van der Waals surface area contributed by atoms with Gasteiger partial charge in [0.1, 0.15) is 11.6 Å². The summed E-state index contributed by atoms with van der Waals surface area (Å²) < 4.78 is 14.5. The van der Waals surface area contributed by atoms with Crippen LogP contribution in [-0.4, -0.2) is 52.5 Å². The van der Waals surface area contributed by atoms with E-state index in [4.69, 9.17) is 0 Å². The lowest BCUT2D eigenvalue weighted by atomic mass is 10.1. The summed E-state index contributed by atoms with van der Waals surface area (Å²) in [4.78, 5) is 13.0. The normalized spacial score (nSPS) is 11.9. The number of nitrogens with one attached hydrogen (secondary N) is 3. The Morgan fingerprint density at radius 1 is 1.27 bits per heavy atom. The van der Waals surface area contributed by atoms with E-state index < -0.39 is 0 Å². The van der Waals surface area contributed by atoms with Crippen molar-refractivity contribution in [3.05, 3.63) is 64.2 Å². The maximum Gasteiger partial charge on any atom is 0.150 e. The molecule has 0 fully saturated rings. The molecule has 0 aromatic heterocycles. The number of hydrogen-bond donors (Lipinski definition) is 3. The summed E-state index contributed by atoms with van der Waals surface area (Å²) in [6.45, 7) is 8.01. The molecule has 1 aromatic rings. The zero-order valence-corrected chi connectivity index (χ0v) is 20.4. The number of halogens is 2. The van der Waals surface area contributed by atoms with Gasteiger partial charge in [-0.05, 0) is 75.1 Å². The Hall–Kier alpha value is -1.96. The summed E-state index contributed by atoms with van der Waals surface area (Å²) in [5.74, 6) is 0.237. The van der Waals surface area contributed by atoms with E-state index in [2.05, 4.69) is 64.4 Å². The van der Waals surface area contributed by atoms with Crippen LogP contribution in [0, 0.1) is 5.82 Å². The molecular formula is C23H36BrFN4O. The van der Waals surface area contributed by atoms with Crippen LogP contribution in [0.2, 0.25) is 0 Å². The molecule has 3 N–H and O–H groups in total. The second-order valence-electron chi connectivity index (χ2n) is 6.85. The molecule has 0 spiro atoms. The highest BCUT2D eigenvalue weighted by Crippen LogP contribution is 2.21. The SMILES string of the molecule is C=C(C=O)/C(Br)=C(\NC)NC(=CCCC)c1ccccc1F.CNCCCN(C)C. The number of carbonyl (C=O) groups is 1. The predicted octanol–water partition coefficient (Wildman–Crippen LogP) is 4.25. The van der Waals surface area contributed by atoms with Gasteiger partial charge in [-0.25, -0.2) is 4.39 Å². The quantitative estimate of drug-likeness (QED) is 0.180. The number of nitrogens with zero attached hydrogens (tertiary/aromatic N) is 1. The lowest BCUT2D eigenvalue weighted by molar-refractivity contribution is -0.104. The van der Waals surface area contributed by atoms with Gasteiger partial charge in [-0.1, -0.05) is 38.1 Å². The van der Waals surface area contributed by atoms with Crippen LogP contribution in [0.1, 0.15) is 31.7 Å². The maximum absolute atomic E-state index is 14.0. The number of unbranched alkanes of at least 4 members (excludes halogenated alkanes) is 1. The van der Waals surface area contributed by atoms with Crippen molar-refractivity contribution in [1.82, 2.24) is 20.9 Å². The third kappa shape index (κ3) is 11.3. The first-order valence-corrected chi connectivity index (χ1v) is 10.8. The number of aldehydes is 1. The van der Waals surface area contributed by atoms with Gasteiger partial charge >= 0.3 is 0 Å². The molecule has 0 saturated carbocycles. The maximum atomic E-state index is 14.0. The Balaban J connectivity index is 0.000000890. The minimum Gasteiger partial charge on any atom is -0.374 e. The third-order valence-corrected chi connectivity index (χ3v) is 4.89. The Kier molecular flexibility index (Phi) is 15.7. The number of allylic oxidation sites excluding steroid dienone is 3. The van der Waals surface area contributed by atoms with Gasteiger partial charge in [-0.15, -0.1) is 0 Å². The van der Waals surface area contributed by atoms with Gasteiger partial charge in [0.15, 0.2) is 6.29 Å². The molecule has 0 bridgehead atoms. The van der Waals surface area contributed by atoms with Crippen LogP contribution in [0.25, 0.3) is 5.70 Å². The van der Waals surface area contributed by atoms with E-state index in [1.165, 1.54) is 19.0 Å². The molecule has 1 aromatic carbocycles. The van der Waals surface area contributed by atoms with Crippen molar-refractivity contribution in [2.75, 3.05) is 41.3 Å². The molecule has 0 amide bonds. The molecule has 0 saturated heterocycles. The molecule has 0 atom stereocenters. The zero-order valence-electron chi connectivity index (χ0n) is 18.8. The Bertz CT molecular complexity index is 717. The fourth-order valence-corrected chi connectivity index (χ4v) is 2.73. The second-order valence-corrected chi connectivity index (χ2v) is 7.65. The number of benzene rings is 1. The highest BCUT2D eigenvalue weighted by atomic mass is 79.9. The van der Waals surface area contributed by atoms with Gasteiger partial charge in [-0.2, -0.15) is 0 Å². The van der Waals surface area contributed by atoms with Gasteiger partial charge in [0, 0.05) is 23.9 Å². The van der Waals surface area contributed by atoms with Crippen LogP contribution in [0.4, 0.5) is 4.39 Å². The standard InChI is InChI=1S/C17H20BrFN2O.C6H16N2/c1-4-5-10-15(13-8-6-7-9-14(13)19)21-17(20-3)16(18)12(2)11-22;1-7-5-4-6-8(2)3/h6-11,20-21H,2,4-5H2,1,3H3;7H,4-6H2,1-3H3/b15-10?,17-16-;. The van der Waals surface area contributed by atoms with Crippen molar-refractivity contribution in [1.29, 1.82) is 0 Å². The molecule has 30 heavy (non-hydrogen) atoms. The van der Waals surface area contributed by atoms with E-state index in [-0.39, 0.29) is 5.82 Å². The van der Waals surface area contributed by atoms with E-state index in [1.54, 1.807) is 25.2 Å². The van der Waals surface area contributed by atoms with Crippen molar-refractivity contribution in [2.24, 2.45) is 0 Å². The molecule has 0 aliphatic heterocycles. The zero-order chi connectivity index (χ0) is 22.9. The van der Waals surface area contributed by atoms with Crippen LogP contribution < -0.4 is 16.0 Å². The molecule has 0 radical (unpaired) electrons. The number of hydrogen-bond acceptors (Lipinski definition) is 5. The van der Waals surface area contributed by atoms with Crippen LogP contribution in [0.5, 0.6) is 0 Å².